The summed E-state index contributed by atoms with van der Waals surface area (Å²) in [6.07, 6.45) is -3.68. The zero-order chi connectivity index (χ0) is 18.7. The summed E-state index contributed by atoms with van der Waals surface area (Å²) in [4.78, 5) is 12.0. The predicted octanol–water partition coefficient (Wildman–Crippen LogP) is 1.51. The number of ether oxygens (including phenoxy) is 5. The molecule has 142 valence electrons. The van der Waals surface area contributed by atoms with Gasteiger partial charge in [-0.2, -0.15) is 0 Å². The van der Waals surface area contributed by atoms with Crippen molar-refractivity contribution >= 4 is 5.97 Å². The molecule has 7 heteroatoms. The molecule has 0 aromatic carbocycles. The fraction of sp³-hybridized carbons (Fsp3) is 0.941. The van der Waals surface area contributed by atoms with Crippen molar-refractivity contribution in [2.45, 2.75) is 77.8 Å². The Morgan fingerprint density at radius 3 is 1.96 bits per heavy atom. The zero-order valence-electron chi connectivity index (χ0n) is 16.0. The topological polar surface area (TPSA) is 83.5 Å². The second kappa shape index (κ2) is 8.10. The summed E-state index contributed by atoms with van der Waals surface area (Å²) in [5.74, 6) is -0.349. The van der Waals surface area contributed by atoms with E-state index in [1.54, 1.807) is 20.8 Å². The standard InChI is InChI=1S/C17H32O7/c1-16(2,3)15(19)22-9-10-11(24-17(4,5)6)12(20-7)13(21-8)14(18)23-10/h10-14,18H,9H2,1-8H3/t10-,11-,12+,13-,14+/m1/s1. The fourth-order valence-electron chi connectivity index (χ4n) is 2.47. The number of methoxy groups -OCH3 is 2. The Morgan fingerprint density at radius 1 is 1.00 bits per heavy atom. The van der Waals surface area contributed by atoms with Gasteiger partial charge in [0.15, 0.2) is 6.29 Å². The van der Waals surface area contributed by atoms with Crippen LogP contribution in [0.25, 0.3) is 0 Å². The first-order chi connectivity index (χ1) is 10.9. The van der Waals surface area contributed by atoms with Gasteiger partial charge < -0.3 is 28.8 Å². The molecule has 1 fully saturated rings. The van der Waals surface area contributed by atoms with Gasteiger partial charge in [0.25, 0.3) is 0 Å². The van der Waals surface area contributed by atoms with Gasteiger partial charge in [-0.05, 0) is 41.5 Å². The van der Waals surface area contributed by atoms with Crippen LogP contribution >= 0.6 is 0 Å². The maximum atomic E-state index is 12.0. The molecule has 1 saturated heterocycles. The van der Waals surface area contributed by atoms with Crippen molar-refractivity contribution in [2.24, 2.45) is 5.41 Å². The number of hydrogen-bond acceptors (Lipinski definition) is 7. The summed E-state index contributed by atoms with van der Waals surface area (Å²) >= 11 is 0. The van der Waals surface area contributed by atoms with E-state index < -0.39 is 41.7 Å². The molecule has 1 aliphatic heterocycles. The third-order valence-corrected chi connectivity index (χ3v) is 3.63. The van der Waals surface area contributed by atoms with Crippen molar-refractivity contribution in [3.05, 3.63) is 0 Å². The molecule has 0 aromatic rings. The molecule has 0 radical (unpaired) electrons. The van der Waals surface area contributed by atoms with Crippen LogP contribution in [-0.4, -0.2) is 68.2 Å². The third kappa shape index (κ3) is 5.67. The first-order valence-corrected chi connectivity index (χ1v) is 8.15. The second-order valence-corrected chi connectivity index (χ2v) is 8.01. The summed E-state index contributed by atoms with van der Waals surface area (Å²) in [5, 5.41) is 10.2. The van der Waals surface area contributed by atoms with Crippen molar-refractivity contribution in [3.8, 4) is 0 Å². The molecule has 0 unspecified atom stereocenters. The molecule has 1 rings (SSSR count). The minimum Gasteiger partial charge on any atom is -0.462 e. The zero-order valence-corrected chi connectivity index (χ0v) is 16.0. The summed E-state index contributed by atoms with van der Waals surface area (Å²) in [6.45, 7) is 11.0. The predicted molar refractivity (Wildman–Crippen MR) is 87.5 cm³/mol. The Bertz CT molecular complexity index is 410. The molecule has 0 amide bonds. The van der Waals surface area contributed by atoms with Crippen LogP contribution in [0.15, 0.2) is 0 Å². The molecular weight excluding hydrogens is 316 g/mol. The Hall–Kier alpha value is -0.730. The van der Waals surface area contributed by atoms with E-state index in [0.29, 0.717) is 0 Å². The highest BCUT2D eigenvalue weighted by Gasteiger charge is 2.48. The fourth-order valence-corrected chi connectivity index (χ4v) is 2.47. The molecule has 7 nitrogen and oxygen atoms in total. The van der Waals surface area contributed by atoms with Gasteiger partial charge in [0, 0.05) is 14.2 Å². The van der Waals surface area contributed by atoms with E-state index >= 15 is 0 Å². The summed E-state index contributed by atoms with van der Waals surface area (Å²) < 4.78 is 27.8. The van der Waals surface area contributed by atoms with Crippen molar-refractivity contribution in [1.82, 2.24) is 0 Å². The van der Waals surface area contributed by atoms with Gasteiger partial charge in [0.05, 0.1) is 11.0 Å². The first-order valence-electron chi connectivity index (χ1n) is 8.15. The van der Waals surface area contributed by atoms with E-state index in [1.165, 1.54) is 14.2 Å². The molecule has 0 saturated carbocycles. The quantitative estimate of drug-likeness (QED) is 0.754. The highest BCUT2D eigenvalue weighted by molar-refractivity contribution is 5.75. The summed E-state index contributed by atoms with van der Waals surface area (Å²) in [7, 11) is 2.99. The average Bonchev–Trinajstić information content (AvgIpc) is 2.43. The van der Waals surface area contributed by atoms with Crippen LogP contribution in [0.3, 0.4) is 0 Å². The van der Waals surface area contributed by atoms with Crippen LogP contribution in [0.2, 0.25) is 0 Å². The monoisotopic (exact) mass is 348 g/mol. The lowest BCUT2D eigenvalue weighted by molar-refractivity contribution is -0.314. The van der Waals surface area contributed by atoms with Crippen LogP contribution in [-0.2, 0) is 28.5 Å². The maximum absolute atomic E-state index is 12.0. The molecule has 0 spiro atoms. The first kappa shape index (κ1) is 21.3. The van der Waals surface area contributed by atoms with E-state index in [9.17, 15) is 9.90 Å². The molecule has 1 N–H and O–H groups in total. The summed E-state index contributed by atoms with van der Waals surface area (Å²) in [5.41, 5.74) is -1.10. The van der Waals surface area contributed by atoms with Crippen LogP contribution in [0.1, 0.15) is 41.5 Å². The van der Waals surface area contributed by atoms with Crippen LogP contribution in [0.5, 0.6) is 0 Å². The van der Waals surface area contributed by atoms with Gasteiger partial charge in [-0.3, -0.25) is 4.79 Å². The smallest absolute Gasteiger partial charge is 0.311 e. The highest BCUT2D eigenvalue weighted by atomic mass is 16.7. The molecule has 24 heavy (non-hydrogen) atoms. The van der Waals surface area contributed by atoms with Crippen molar-refractivity contribution in [3.63, 3.8) is 0 Å². The van der Waals surface area contributed by atoms with Gasteiger partial charge >= 0.3 is 5.97 Å². The number of aliphatic hydroxyl groups is 1. The van der Waals surface area contributed by atoms with E-state index in [-0.39, 0.29) is 12.6 Å². The number of rotatable bonds is 5. The molecule has 0 aliphatic carbocycles. The lowest BCUT2D eigenvalue weighted by Gasteiger charge is -2.45. The number of aliphatic hydroxyl groups excluding tert-OH is 1. The number of esters is 1. The Morgan fingerprint density at radius 2 is 1.54 bits per heavy atom. The lowest BCUT2D eigenvalue weighted by Crippen LogP contribution is -2.62. The van der Waals surface area contributed by atoms with Gasteiger partial charge in [-0.25, -0.2) is 0 Å². The number of carbonyl (C=O) groups is 1. The average molecular weight is 348 g/mol. The van der Waals surface area contributed by atoms with Gasteiger partial charge in [0.2, 0.25) is 0 Å². The lowest BCUT2D eigenvalue weighted by atomic mass is 9.96. The molecule has 1 heterocycles. The largest absolute Gasteiger partial charge is 0.462 e. The normalized spacial score (nSPS) is 31.8. The number of carbonyl (C=O) groups excluding carboxylic acids is 1. The Kier molecular flexibility index (Phi) is 7.19. The van der Waals surface area contributed by atoms with Crippen molar-refractivity contribution < 1.29 is 33.6 Å². The van der Waals surface area contributed by atoms with Gasteiger partial charge in [-0.1, -0.05) is 0 Å². The van der Waals surface area contributed by atoms with Gasteiger partial charge in [-0.15, -0.1) is 0 Å². The minimum absolute atomic E-state index is 0.0375. The van der Waals surface area contributed by atoms with E-state index in [2.05, 4.69) is 0 Å². The molecule has 0 aromatic heterocycles. The second-order valence-electron chi connectivity index (χ2n) is 8.01. The minimum atomic E-state index is -1.20. The molecule has 0 bridgehead atoms. The SMILES string of the molecule is CO[C@@H]1[C@@H](OC)[C@@H](O)O[C@H](COC(=O)C(C)(C)C)[C@H]1OC(C)(C)C. The summed E-state index contributed by atoms with van der Waals surface area (Å²) in [6, 6.07) is 0. The highest BCUT2D eigenvalue weighted by Crippen LogP contribution is 2.30. The van der Waals surface area contributed by atoms with Gasteiger partial charge in [0.1, 0.15) is 31.0 Å². The van der Waals surface area contributed by atoms with Crippen LogP contribution in [0.4, 0.5) is 0 Å². The maximum Gasteiger partial charge on any atom is 0.311 e. The van der Waals surface area contributed by atoms with E-state index in [4.69, 9.17) is 23.7 Å². The van der Waals surface area contributed by atoms with Crippen LogP contribution < -0.4 is 0 Å². The van der Waals surface area contributed by atoms with E-state index in [1.807, 2.05) is 20.8 Å². The van der Waals surface area contributed by atoms with E-state index in [0.717, 1.165) is 0 Å². The Balaban J connectivity index is 2.94. The molecule has 5 atom stereocenters. The van der Waals surface area contributed by atoms with Crippen molar-refractivity contribution in [1.29, 1.82) is 0 Å². The molecule has 1 aliphatic rings. The van der Waals surface area contributed by atoms with Crippen molar-refractivity contribution in [2.75, 3.05) is 20.8 Å². The Labute approximate surface area is 144 Å². The third-order valence-electron chi connectivity index (χ3n) is 3.63. The van der Waals surface area contributed by atoms with Crippen LogP contribution in [0, 0.1) is 5.41 Å². The number of hydrogen-bond donors (Lipinski definition) is 1. The molecular formula is C17H32O7.